The lowest BCUT2D eigenvalue weighted by Gasteiger charge is -2.49. The third-order valence-electron chi connectivity index (χ3n) is 4.75. The molecule has 0 saturated heterocycles. The summed E-state index contributed by atoms with van der Waals surface area (Å²) in [5.74, 6) is -0.319. The van der Waals surface area contributed by atoms with Crippen molar-refractivity contribution < 1.29 is 4.39 Å². The maximum absolute atomic E-state index is 12.9. The molecule has 1 fully saturated rings. The molecule has 4 nitrogen and oxygen atoms in total. The third kappa shape index (κ3) is 3.99. The van der Waals surface area contributed by atoms with E-state index < -0.39 is 0 Å². The molecule has 1 atom stereocenters. The number of aromatic nitrogens is 1. The summed E-state index contributed by atoms with van der Waals surface area (Å²) < 4.78 is 12.9. The summed E-state index contributed by atoms with van der Waals surface area (Å²) in [6.07, 6.45) is 5.93. The van der Waals surface area contributed by atoms with E-state index >= 15 is 0 Å². The fourth-order valence-corrected chi connectivity index (χ4v) is 3.03. The van der Waals surface area contributed by atoms with Crippen molar-refractivity contribution in [1.29, 1.82) is 0 Å². The van der Waals surface area contributed by atoms with Gasteiger partial charge in [0.25, 0.3) is 0 Å². The zero-order valence-electron chi connectivity index (χ0n) is 13.3. The lowest BCUT2D eigenvalue weighted by Crippen LogP contribution is -2.56. The van der Waals surface area contributed by atoms with Gasteiger partial charge in [-0.15, -0.1) is 0 Å². The number of hydrogen-bond acceptors (Lipinski definition) is 4. The van der Waals surface area contributed by atoms with Gasteiger partial charge >= 0.3 is 0 Å². The summed E-state index contributed by atoms with van der Waals surface area (Å²) in [5, 5.41) is 0. The first-order chi connectivity index (χ1) is 9.93. The number of likely N-dealkylation sites (N-methyl/N-ethyl adjacent to an activating group) is 2. The minimum atomic E-state index is -0.319. The highest BCUT2D eigenvalue weighted by molar-refractivity contribution is 5.09. The Labute approximate surface area is 127 Å². The monoisotopic (exact) mass is 294 g/mol. The molecule has 1 aromatic heterocycles. The van der Waals surface area contributed by atoms with E-state index in [1.165, 1.54) is 31.5 Å². The molecule has 21 heavy (non-hydrogen) atoms. The third-order valence-corrected chi connectivity index (χ3v) is 4.75. The highest BCUT2D eigenvalue weighted by Crippen LogP contribution is 2.36. The molecule has 0 bridgehead atoms. The number of nitrogens with two attached hydrogens (primary N) is 1. The standard InChI is InChI=1S/C16H27FN4/c1-20(2)16(8-4-9-16)12-21(3)10-7-14(18)15-6-5-13(17)11-19-15/h5-6,11,14H,4,7-10,12,18H2,1-3H3. The first-order valence-electron chi connectivity index (χ1n) is 7.66. The second kappa shape index (κ2) is 6.81. The van der Waals surface area contributed by atoms with Gasteiger partial charge < -0.3 is 15.5 Å². The number of hydrogen-bond donors (Lipinski definition) is 1. The first-order valence-corrected chi connectivity index (χ1v) is 7.66. The number of pyridine rings is 1. The molecule has 0 radical (unpaired) electrons. The van der Waals surface area contributed by atoms with E-state index in [1.54, 1.807) is 6.07 Å². The Balaban J connectivity index is 1.80. The molecule has 5 heteroatoms. The molecule has 1 aliphatic carbocycles. The fraction of sp³-hybridized carbons (Fsp3) is 0.688. The van der Waals surface area contributed by atoms with Crippen molar-refractivity contribution in [3.8, 4) is 0 Å². The van der Waals surface area contributed by atoms with Crippen LogP contribution in [0.3, 0.4) is 0 Å². The average Bonchev–Trinajstić information content (AvgIpc) is 2.40. The second-order valence-corrected chi connectivity index (χ2v) is 6.51. The first kappa shape index (κ1) is 16.3. The second-order valence-electron chi connectivity index (χ2n) is 6.51. The van der Waals surface area contributed by atoms with Crippen molar-refractivity contribution in [3.63, 3.8) is 0 Å². The Bertz CT molecular complexity index is 442. The molecule has 0 amide bonds. The van der Waals surface area contributed by atoms with Crippen LogP contribution < -0.4 is 5.73 Å². The van der Waals surface area contributed by atoms with E-state index in [9.17, 15) is 4.39 Å². The van der Waals surface area contributed by atoms with Crippen LogP contribution in [0, 0.1) is 5.82 Å². The maximum atomic E-state index is 12.9. The molecule has 1 unspecified atom stereocenters. The minimum absolute atomic E-state index is 0.134. The SMILES string of the molecule is CN(CCC(N)c1ccc(F)cn1)CC1(N(C)C)CCC1. The van der Waals surface area contributed by atoms with Crippen LogP contribution in [0.4, 0.5) is 4.39 Å². The lowest BCUT2D eigenvalue weighted by molar-refractivity contribution is 0.0272. The molecular weight excluding hydrogens is 267 g/mol. The summed E-state index contributed by atoms with van der Waals surface area (Å²) in [5.41, 5.74) is 7.24. The summed E-state index contributed by atoms with van der Waals surface area (Å²) in [6.45, 7) is 2.00. The lowest BCUT2D eigenvalue weighted by atomic mass is 9.75. The van der Waals surface area contributed by atoms with Gasteiger partial charge in [-0.2, -0.15) is 0 Å². The van der Waals surface area contributed by atoms with Gasteiger partial charge in [0.05, 0.1) is 11.9 Å². The molecule has 1 heterocycles. The average molecular weight is 294 g/mol. The molecule has 0 aromatic carbocycles. The smallest absolute Gasteiger partial charge is 0.141 e. The van der Waals surface area contributed by atoms with Crippen LogP contribution in [0.2, 0.25) is 0 Å². The van der Waals surface area contributed by atoms with Gasteiger partial charge in [-0.1, -0.05) is 0 Å². The predicted molar refractivity (Wildman–Crippen MR) is 83.5 cm³/mol. The van der Waals surface area contributed by atoms with Crippen molar-refractivity contribution in [2.24, 2.45) is 5.73 Å². The zero-order chi connectivity index (χ0) is 15.5. The van der Waals surface area contributed by atoms with Gasteiger partial charge in [0.1, 0.15) is 5.82 Å². The van der Waals surface area contributed by atoms with E-state index in [1.807, 2.05) is 0 Å². The maximum Gasteiger partial charge on any atom is 0.141 e. The summed E-state index contributed by atoms with van der Waals surface area (Å²) >= 11 is 0. The van der Waals surface area contributed by atoms with Gasteiger partial charge in [-0.3, -0.25) is 4.98 Å². The van der Waals surface area contributed by atoms with Gasteiger partial charge in [-0.05, 0) is 65.5 Å². The largest absolute Gasteiger partial charge is 0.323 e. The van der Waals surface area contributed by atoms with Crippen LogP contribution >= 0.6 is 0 Å². The van der Waals surface area contributed by atoms with E-state index in [4.69, 9.17) is 5.73 Å². The molecule has 2 N–H and O–H groups in total. The number of rotatable bonds is 7. The van der Waals surface area contributed by atoms with Crippen molar-refractivity contribution in [2.75, 3.05) is 34.2 Å². The fourth-order valence-electron chi connectivity index (χ4n) is 3.03. The molecule has 2 rings (SSSR count). The molecular formula is C16H27FN4. The molecule has 1 saturated carbocycles. The van der Waals surface area contributed by atoms with Crippen molar-refractivity contribution in [2.45, 2.75) is 37.3 Å². The Hall–Kier alpha value is -1.04. The van der Waals surface area contributed by atoms with Crippen molar-refractivity contribution in [1.82, 2.24) is 14.8 Å². The Morgan fingerprint density at radius 1 is 1.33 bits per heavy atom. The van der Waals surface area contributed by atoms with E-state index in [-0.39, 0.29) is 11.9 Å². The van der Waals surface area contributed by atoms with Crippen LogP contribution in [-0.4, -0.2) is 54.6 Å². The quantitative estimate of drug-likeness (QED) is 0.836. The van der Waals surface area contributed by atoms with Gasteiger partial charge in [0.2, 0.25) is 0 Å². The van der Waals surface area contributed by atoms with E-state index in [0.29, 0.717) is 5.54 Å². The number of nitrogens with zero attached hydrogens (tertiary/aromatic N) is 3. The van der Waals surface area contributed by atoms with Crippen LogP contribution in [0.25, 0.3) is 0 Å². The van der Waals surface area contributed by atoms with Crippen molar-refractivity contribution in [3.05, 3.63) is 29.8 Å². The Morgan fingerprint density at radius 2 is 2.05 bits per heavy atom. The van der Waals surface area contributed by atoms with E-state index in [0.717, 1.165) is 25.2 Å². The van der Waals surface area contributed by atoms with E-state index in [2.05, 4.69) is 35.9 Å². The van der Waals surface area contributed by atoms with Crippen LogP contribution in [-0.2, 0) is 0 Å². The predicted octanol–water partition coefficient (Wildman–Crippen LogP) is 2.03. The molecule has 1 aromatic rings. The van der Waals surface area contributed by atoms with Gasteiger partial charge in [0, 0.05) is 18.1 Å². The number of halogens is 1. The van der Waals surface area contributed by atoms with Crippen LogP contribution in [0.15, 0.2) is 18.3 Å². The normalized spacial score (nSPS) is 18.8. The minimum Gasteiger partial charge on any atom is -0.323 e. The summed E-state index contributed by atoms with van der Waals surface area (Å²) in [6, 6.07) is 2.96. The highest BCUT2D eigenvalue weighted by atomic mass is 19.1. The highest BCUT2D eigenvalue weighted by Gasteiger charge is 2.39. The summed E-state index contributed by atoms with van der Waals surface area (Å²) in [4.78, 5) is 8.76. The van der Waals surface area contributed by atoms with Crippen LogP contribution in [0.1, 0.15) is 37.4 Å². The van der Waals surface area contributed by atoms with Crippen LogP contribution in [0.5, 0.6) is 0 Å². The topological polar surface area (TPSA) is 45.4 Å². The van der Waals surface area contributed by atoms with Gasteiger partial charge in [-0.25, -0.2) is 4.39 Å². The zero-order valence-corrected chi connectivity index (χ0v) is 13.3. The van der Waals surface area contributed by atoms with Gasteiger partial charge in [0.15, 0.2) is 0 Å². The molecule has 0 aliphatic heterocycles. The van der Waals surface area contributed by atoms with Crippen molar-refractivity contribution >= 4 is 0 Å². The summed E-state index contributed by atoms with van der Waals surface area (Å²) in [7, 11) is 6.48. The Kier molecular flexibility index (Phi) is 5.30. The Morgan fingerprint density at radius 3 is 2.52 bits per heavy atom. The molecule has 118 valence electrons. The molecule has 1 aliphatic rings. The molecule has 0 spiro atoms.